The number of allylic oxidation sites excluding steroid dienone is 4. The van der Waals surface area contributed by atoms with Crippen molar-refractivity contribution in [1.29, 1.82) is 0 Å². The van der Waals surface area contributed by atoms with Crippen molar-refractivity contribution in [3.8, 4) is 0 Å². The number of fused-ring (bicyclic) bond motifs is 8. The molecule has 0 radical (unpaired) electrons. The first kappa shape index (κ1) is 43.8. The molecule has 8 rings (SSSR count). The van der Waals surface area contributed by atoms with Crippen LogP contribution in [-0.4, -0.2) is 89.3 Å². The number of ether oxygens (including phenoxy) is 4. The third-order valence-electron chi connectivity index (χ3n) is 14.7. The molecule has 1 N–H and O–H groups in total. The Morgan fingerprint density at radius 3 is 2.29 bits per heavy atom. The van der Waals surface area contributed by atoms with Crippen molar-refractivity contribution < 1.29 is 52.4 Å². The van der Waals surface area contributed by atoms with Crippen molar-refractivity contribution >= 4 is 40.1 Å². The summed E-state index contributed by atoms with van der Waals surface area (Å²) in [5.41, 5.74) is -2.90. The van der Waals surface area contributed by atoms with E-state index in [0.717, 1.165) is 21.9 Å². The number of carbonyl (C=O) groups excluding carboxylic acids is 5. The molecule has 1 aliphatic heterocycles. The van der Waals surface area contributed by atoms with Crippen LogP contribution in [0.25, 0.3) is 10.8 Å². The number of esters is 2. The van der Waals surface area contributed by atoms with Gasteiger partial charge in [-0.3, -0.25) is 28.9 Å². The molecule has 4 aliphatic carbocycles. The zero-order valence-electron chi connectivity index (χ0n) is 36.3. The van der Waals surface area contributed by atoms with Gasteiger partial charge in [-0.05, 0) is 106 Å². The second-order valence-corrected chi connectivity index (χ2v) is 19.0. The molecule has 328 valence electrons. The lowest BCUT2D eigenvalue weighted by Crippen LogP contribution is -2.70. The summed E-state index contributed by atoms with van der Waals surface area (Å²) < 4.78 is 41.5. The standard InChI is InChI=1S/C50H56FNO10/c1-46(2)61-42-26-38-37-18-17-35-25-36(53)21-22-47(35,3)49(37,51)40(55)27-48(38,4)50(42,62-46)41(56)29-60-44(58)20-19-43(57)59-28-30-11-15-33(16-12-30)45(52(5)6)39(54)24-31-13-14-32-9-7-8-10-34(32)23-31/h7-16,21-23,25,37-38,40,42,45,55H,17-20,24,26-29H2,1-6H3/t37-,38-,40-,42+,45+,47-,48-,49-,50+/m0/s1. The van der Waals surface area contributed by atoms with E-state index in [-0.39, 0.29) is 43.9 Å². The van der Waals surface area contributed by atoms with E-state index in [1.165, 1.54) is 12.2 Å². The van der Waals surface area contributed by atoms with Gasteiger partial charge < -0.3 is 24.1 Å². The summed E-state index contributed by atoms with van der Waals surface area (Å²) in [4.78, 5) is 67.8. The molecular weight excluding hydrogens is 794 g/mol. The maximum absolute atomic E-state index is 17.7. The highest BCUT2D eigenvalue weighted by atomic mass is 19.1. The quantitative estimate of drug-likeness (QED) is 0.177. The van der Waals surface area contributed by atoms with Gasteiger partial charge >= 0.3 is 11.9 Å². The van der Waals surface area contributed by atoms with Crippen molar-refractivity contribution in [2.24, 2.45) is 22.7 Å². The second kappa shape index (κ2) is 16.0. The number of likely N-dealkylation sites (N-methyl/N-ethyl adjacent to an activating group) is 1. The molecule has 0 amide bonds. The lowest BCUT2D eigenvalue weighted by atomic mass is 9.44. The van der Waals surface area contributed by atoms with Crippen LogP contribution in [0, 0.1) is 22.7 Å². The van der Waals surface area contributed by atoms with E-state index in [1.807, 2.05) is 80.5 Å². The summed E-state index contributed by atoms with van der Waals surface area (Å²) in [5, 5.41) is 14.0. The fourth-order valence-electron chi connectivity index (χ4n) is 11.8. The molecule has 11 nitrogen and oxygen atoms in total. The van der Waals surface area contributed by atoms with Gasteiger partial charge in [0.05, 0.1) is 31.1 Å². The van der Waals surface area contributed by atoms with Crippen LogP contribution in [0.1, 0.15) is 89.0 Å². The molecule has 9 atom stereocenters. The van der Waals surface area contributed by atoms with Gasteiger partial charge in [0.25, 0.3) is 0 Å². The molecule has 0 unspecified atom stereocenters. The molecule has 0 aromatic heterocycles. The van der Waals surface area contributed by atoms with Crippen LogP contribution in [0.15, 0.2) is 90.5 Å². The first-order valence-corrected chi connectivity index (χ1v) is 21.6. The number of rotatable bonds is 13. The van der Waals surface area contributed by atoms with Crippen molar-refractivity contribution in [3.63, 3.8) is 0 Å². The zero-order valence-corrected chi connectivity index (χ0v) is 36.3. The molecule has 62 heavy (non-hydrogen) atoms. The molecule has 1 heterocycles. The van der Waals surface area contributed by atoms with E-state index in [4.69, 9.17) is 18.9 Å². The molecule has 12 heteroatoms. The Hall–Kier alpha value is -4.88. The predicted octanol–water partition coefficient (Wildman–Crippen LogP) is 7.06. The number of halogens is 1. The number of aliphatic hydroxyl groups excluding tert-OH is 1. The normalized spacial score (nSPS) is 32.3. The number of Topliss-reactive ketones (excluding diaryl/α,β-unsaturated/α-hetero) is 2. The zero-order chi connectivity index (χ0) is 44.4. The molecule has 4 fully saturated rings. The Balaban J connectivity index is 0.857. The fraction of sp³-hybridized carbons (Fsp3) is 0.500. The van der Waals surface area contributed by atoms with Gasteiger partial charge in [0, 0.05) is 23.2 Å². The van der Waals surface area contributed by atoms with Crippen LogP contribution in [0.3, 0.4) is 0 Å². The highest BCUT2D eigenvalue weighted by Gasteiger charge is 2.80. The fourth-order valence-corrected chi connectivity index (χ4v) is 11.8. The number of carbonyl (C=O) groups is 5. The summed E-state index contributed by atoms with van der Waals surface area (Å²) in [6, 6.07) is 20.9. The number of alkyl halides is 1. The first-order valence-electron chi connectivity index (χ1n) is 21.6. The monoisotopic (exact) mass is 849 g/mol. The Morgan fingerprint density at radius 2 is 1.58 bits per heavy atom. The van der Waals surface area contributed by atoms with E-state index >= 15 is 4.39 Å². The van der Waals surface area contributed by atoms with Crippen LogP contribution in [-0.2, 0) is 55.9 Å². The van der Waals surface area contributed by atoms with E-state index < -0.39 is 82.3 Å². The highest BCUT2D eigenvalue weighted by molar-refractivity contribution is 6.01. The van der Waals surface area contributed by atoms with E-state index in [9.17, 15) is 29.1 Å². The Labute approximate surface area is 361 Å². The predicted molar refractivity (Wildman–Crippen MR) is 227 cm³/mol. The molecule has 3 aromatic rings. The average Bonchev–Trinajstić information content (AvgIpc) is 3.64. The summed E-state index contributed by atoms with van der Waals surface area (Å²) in [5.74, 6) is -4.38. The second-order valence-electron chi connectivity index (χ2n) is 19.0. The van der Waals surface area contributed by atoms with Gasteiger partial charge in [0.15, 0.2) is 35.2 Å². The van der Waals surface area contributed by atoms with Crippen molar-refractivity contribution in [2.75, 3.05) is 20.7 Å². The number of hydrogen-bond donors (Lipinski definition) is 1. The van der Waals surface area contributed by atoms with Gasteiger partial charge in [0.1, 0.15) is 6.61 Å². The minimum absolute atomic E-state index is 0.0424. The van der Waals surface area contributed by atoms with E-state index in [1.54, 1.807) is 39.0 Å². The van der Waals surface area contributed by atoms with Crippen LogP contribution in [0.2, 0.25) is 0 Å². The van der Waals surface area contributed by atoms with Gasteiger partial charge in [-0.2, -0.15) is 0 Å². The summed E-state index contributed by atoms with van der Waals surface area (Å²) in [7, 11) is 3.72. The number of hydrogen-bond acceptors (Lipinski definition) is 11. The molecule has 0 spiro atoms. The van der Waals surface area contributed by atoms with Crippen molar-refractivity contribution in [1.82, 2.24) is 4.90 Å². The maximum Gasteiger partial charge on any atom is 0.306 e. The highest BCUT2D eigenvalue weighted by Crippen LogP contribution is 2.72. The summed E-state index contributed by atoms with van der Waals surface area (Å²) >= 11 is 0. The third-order valence-corrected chi connectivity index (χ3v) is 14.7. The molecule has 0 bridgehead atoms. The van der Waals surface area contributed by atoms with Gasteiger partial charge in [-0.25, -0.2) is 4.39 Å². The smallest absolute Gasteiger partial charge is 0.306 e. The Kier molecular flexibility index (Phi) is 11.3. The largest absolute Gasteiger partial charge is 0.461 e. The average molecular weight is 850 g/mol. The maximum atomic E-state index is 17.7. The Morgan fingerprint density at radius 1 is 0.903 bits per heavy atom. The van der Waals surface area contributed by atoms with Crippen LogP contribution in [0.4, 0.5) is 4.39 Å². The lowest BCUT2D eigenvalue weighted by molar-refractivity contribution is -0.246. The van der Waals surface area contributed by atoms with Crippen molar-refractivity contribution in [2.45, 2.75) is 115 Å². The molecular formula is C50H56FNO10. The Bertz CT molecular complexity index is 2370. The van der Waals surface area contributed by atoms with Crippen LogP contribution >= 0.6 is 0 Å². The first-order chi connectivity index (χ1) is 29.3. The van der Waals surface area contributed by atoms with Crippen molar-refractivity contribution in [3.05, 3.63) is 107 Å². The van der Waals surface area contributed by atoms with E-state index in [0.29, 0.717) is 30.4 Å². The SMILES string of the molecule is CN(C)[C@@H](C(=O)Cc1ccc2ccccc2c1)c1ccc(COC(=O)CCC(=O)OCC(=O)[C@@]23OC(C)(C)O[C@@H]2C[C@H]2[C@@H]4CCC5=CC(=O)C=C[C@]5(C)[C@@]4(F)[C@@H](O)C[C@@]23C)cc1. The minimum Gasteiger partial charge on any atom is -0.461 e. The summed E-state index contributed by atoms with van der Waals surface area (Å²) in [6.07, 6.45) is 2.86. The third kappa shape index (κ3) is 7.26. The van der Waals surface area contributed by atoms with Gasteiger partial charge in [0.2, 0.25) is 5.78 Å². The number of benzene rings is 3. The minimum atomic E-state index is -2.10. The van der Waals surface area contributed by atoms with Gasteiger partial charge in [-0.1, -0.05) is 85.3 Å². The number of aliphatic hydroxyl groups is 1. The molecule has 1 saturated heterocycles. The number of ketones is 3. The van der Waals surface area contributed by atoms with Gasteiger partial charge in [-0.15, -0.1) is 0 Å². The number of nitrogens with zero attached hydrogens (tertiary/aromatic N) is 1. The molecule has 3 aromatic carbocycles. The van der Waals surface area contributed by atoms with Crippen LogP contribution in [0.5, 0.6) is 0 Å². The summed E-state index contributed by atoms with van der Waals surface area (Å²) in [6.45, 7) is 6.27. The lowest BCUT2D eigenvalue weighted by Gasteiger charge is -2.62. The van der Waals surface area contributed by atoms with E-state index in [2.05, 4.69) is 0 Å². The molecule has 5 aliphatic rings. The van der Waals surface area contributed by atoms with Crippen LogP contribution < -0.4 is 0 Å². The molecule has 3 saturated carbocycles. The topological polar surface area (TPSA) is 146 Å².